The van der Waals surface area contributed by atoms with Crippen molar-refractivity contribution in [2.24, 2.45) is 0 Å². The van der Waals surface area contributed by atoms with E-state index in [-0.39, 0.29) is 4.90 Å². The molecule has 0 N–H and O–H groups in total. The molecule has 1 atom stereocenters. The lowest BCUT2D eigenvalue weighted by molar-refractivity contribution is -0.119. The number of nitriles is 1. The summed E-state index contributed by atoms with van der Waals surface area (Å²) in [7, 11) is -3.75. The predicted octanol–water partition coefficient (Wildman–Crippen LogP) is 3.14. The van der Waals surface area contributed by atoms with Gasteiger partial charge < -0.3 is 4.90 Å². The summed E-state index contributed by atoms with van der Waals surface area (Å²) in [5.41, 5.74) is 3.02. The van der Waals surface area contributed by atoms with Gasteiger partial charge in [-0.3, -0.25) is 4.79 Å². The van der Waals surface area contributed by atoms with Crippen molar-refractivity contribution in [2.45, 2.75) is 36.8 Å². The molecule has 0 radical (unpaired) electrons. The summed E-state index contributed by atoms with van der Waals surface area (Å²) in [4.78, 5) is 14.6. The third-order valence-electron chi connectivity index (χ3n) is 4.88. The second-order valence-corrected chi connectivity index (χ2v) is 8.70. The standard InChI is InChI=1S/C20H20N2O3S/c1-14-5-10-18(12-15(14)2)26(24,25)19-4-3-11-22(20(19)23)17-8-6-16(13-21)7-9-17/h5-10,12,19H,3-4,11H2,1-2H3. The first-order valence-electron chi connectivity index (χ1n) is 8.47. The number of hydrogen-bond donors (Lipinski definition) is 0. The van der Waals surface area contributed by atoms with Crippen LogP contribution in [0, 0.1) is 25.2 Å². The molecular formula is C20H20N2O3S. The highest BCUT2D eigenvalue weighted by Crippen LogP contribution is 2.29. The Balaban J connectivity index is 1.93. The number of amides is 1. The van der Waals surface area contributed by atoms with Gasteiger partial charge in [0.15, 0.2) is 9.84 Å². The first-order chi connectivity index (χ1) is 12.3. The fourth-order valence-corrected chi connectivity index (χ4v) is 4.95. The number of carbonyl (C=O) groups is 1. The van der Waals surface area contributed by atoms with Crippen LogP contribution in [0.5, 0.6) is 0 Å². The summed E-state index contributed by atoms with van der Waals surface area (Å²) in [5, 5.41) is 7.82. The third-order valence-corrected chi connectivity index (χ3v) is 6.98. The first kappa shape index (κ1) is 18.2. The molecule has 0 aliphatic carbocycles. The van der Waals surface area contributed by atoms with E-state index in [4.69, 9.17) is 5.26 Å². The quantitative estimate of drug-likeness (QED) is 0.834. The molecule has 3 rings (SSSR count). The summed E-state index contributed by atoms with van der Waals surface area (Å²) in [5.74, 6) is -0.404. The summed E-state index contributed by atoms with van der Waals surface area (Å²) in [6, 6.07) is 13.6. The molecule has 5 nitrogen and oxygen atoms in total. The maximum atomic E-state index is 13.0. The minimum absolute atomic E-state index is 0.195. The molecule has 134 valence electrons. The molecule has 1 heterocycles. The number of aryl methyl sites for hydroxylation is 2. The van der Waals surface area contributed by atoms with E-state index in [0.29, 0.717) is 30.6 Å². The van der Waals surface area contributed by atoms with Crippen molar-refractivity contribution in [1.82, 2.24) is 0 Å². The van der Waals surface area contributed by atoms with Crippen LogP contribution in [0.3, 0.4) is 0 Å². The van der Waals surface area contributed by atoms with Gasteiger partial charge in [-0.1, -0.05) is 6.07 Å². The fourth-order valence-electron chi connectivity index (χ4n) is 3.16. The van der Waals surface area contributed by atoms with Gasteiger partial charge in [-0.2, -0.15) is 5.26 Å². The number of hydrogen-bond acceptors (Lipinski definition) is 4. The molecule has 1 saturated heterocycles. The van der Waals surface area contributed by atoms with Crippen LogP contribution >= 0.6 is 0 Å². The van der Waals surface area contributed by atoms with Crippen LogP contribution in [0.2, 0.25) is 0 Å². The van der Waals surface area contributed by atoms with E-state index >= 15 is 0 Å². The van der Waals surface area contributed by atoms with Crippen molar-refractivity contribution in [3.8, 4) is 6.07 Å². The number of sulfone groups is 1. The average molecular weight is 368 g/mol. The molecule has 0 spiro atoms. The van der Waals surface area contributed by atoms with Crippen LogP contribution < -0.4 is 4.90 Å². The van der Waals surface area contributed by atoms with E-state index in [0.717, 1.165) is 11.1 Å². The van der Waals surface area contributed by atoms with Crippen molar-refractivity contribution in [3.05, 3.63) is 59.2 Å². The van der Waals surface area contributed by atoms with Gasteiger partial charge in [-0.15, -0.1) is 0 Å². The lowest BCUT2D eigenvalue weighted by Crippen LogP contribution is -2.47. The number of nitrogens with zero attached hydrogens (tertiary/aromatic N) is 2. The van der Waals surface area contributed by atoms with Gasteiger partial charge in [0.2, 0.25) is 5.91 Å². The minimum Gasteiger partial charge on any atom is -0.311 e. The van der Waals surface area contributed by atoms with Gasteiger partial charge in [0.25, 0.3) is 0 Å². The molecule has 6 heteroatoms. The van der Waals surface area contributed by atoms with E-state index in [2.05, 4.69) is 0 Å². The smallest absolute Gasteiger partial charge is 0.245 e. The number of benzene rings is 2. The number of rotatable bonds is 3. The highest BCUT2D eigenvalue weighted by atomic mass is 32.2. The predicted molar refractivity (Wildman–Crippen MR) is 99.6 cm³/mol. The maximum absolute atomic E-state index is 13.0. The number of piperidine rings is 1. The highest BCUT2D eigenvalue weighted by Gasteiger charge is 2.39. The molecule has 0 bridgehead atoms. The molecule has 1 amide bonds. The minimum atomic E-state index is -3.75. The van der Waals surface area contributed by atoms with Crippen LogP contribution in [0.15, 0.2) is 47.4 Å². The zero-order chi connectivity index (χ0) is 18.9. The summed E-state index contributed by atoms with van der Waals surface area (Å²) in [6.45, 7) is 4.26. The Morgan fingerprint density at radius 1 is 1.08 bits per heavy atom. The van der Waals surface area contributed by atoms with Gasteiger partial charge in [-0.25, -0.2) is 8.42 Å². The largest absolute Gasteiger partial charge is 0.311 e. The second kappa shape index (κ2) is 6.93. The van der Waals surface area contributed by atoms with Crippen LogP contribution in [0.1, 0.15) is 29.5 Å². The Bertz CT molecular complexity index is 989. The molecule has 0 saturated carbocycles. The van der Waals surface area contributed by atoms with Crippen LogP contribution in [-0.4, -0.2) is 26.1 Å². The number of anilines is 1. The van der Waals surface area contributed by atoms with Gasteiger partial charge >= 0.3 is 0 Å². The SMILES string of the molecule is Cc1ccc(S(=O)(=O)C2CCCN(c3ccc(C#N)cc3)C2=O)cc1C. The molecule has 2 aromatic carbocycles. The van der Waals surface area contributed by atoms with Crippen molar-refractivity contribution < 1.29 is 13.2 Å². The maximum Gasteiger partial charge on any atom is 0.245 e. The fraction of sp³-hybridized carbons (Fsp3) is 0.300. The van der Waals surface area contributed by atoms with Gasteiger partial charge in [-0.05, 0) is 74.2 Å². The molecule has 1 fully saturated rings. The lowest BCUT2D eigenvalue weighted by atomic mass is 10.1. The van der Waals surface area contributed by atoms with E-state index in [9.17, 15) is 13.2 Å². The highest BCUT2D eigenvalue weighted by molar-refractivity contribution is 7.92. The van der Waals surface area contributed by atoms with E-state index in [1.54, 1.807) is 42.5 Å². The molecular weight excluding hydrogens is 348 g/mol. The molecule has 1 unspecified atom stereocenters. The van der Waals surface area contributed by atoms with Gasteiger partial charge in [0.05, 0.1) is 16.5 Å². The zero-order valence-electron chi connectivity index (χ0n) is 14.8. The third kappa shape index (κ3) is 3.23. The topological polar surface area (TPSA) is 78.2 Å². The lowest BCUT2D eigenvalue weighted by Gasteiger charge is -2.32. The summed E-state index contributed by atoms with van der Waals surface area (Å²) < 4.78 is 26.1. The van der Waals surface area contributed by atoms with E-state index in [1.807, 2.05) is 19.9 Å². The van der Waals surface area contributed by atoms with Crippen molar-refractivity contribution in [2.75, 3.05) is 11.4 Å². The van der Waals surface area contributed by atoms with Crippen molar-refractivity contribution in [3.63, 3.8) is 0 Å². The molecule has 1 aliphatic rings. The van der Waals surface area contributed by atoms with Crippen LogP contribution in [0.25, 0.3) is 0 Å². The Hall–Kier alpha value is -2.65. The van der Waals surface area contributed by atoms with E-state index < -0.39 is 21.0 Å². The summed E-state index contributed by atoms with van der Waals surface area (Å²) >= 11 is 0. The van der Waals surface area contributed by atoms with Crippen LogP contribution in [0.4, 0.5) is 5.69 Å². The molecule has 1 aliphatic heterocycles. The zero-order valence-corrected chi connectivity index (χ0v) is 15.6. The van der Waals surface area contributed by atoms with Gasteiger partial charge in [0.1, 0.15) is 5.25 Å². The van der Waals surface area contributed by atoms with Crippen LogP contribution in [-0.2, 0) is 14.6 Å². The molecule has 2 aromatic rings. The Morgan fingerprint density at radius 2 is 1.77 bits per heavy atom. The normalized spacial score (nSPS) is 17.8. The van der Waals surface area contributed by atoms with Crippen molar-refractivity contribution >= 4 is 21.4 Å². The van der Waals surface area contributed by atoms with Crippen molar-refractivity contribution in [1.29, 1.82) is 5.26 Å². The second-order valence-electron chi connectivity index (χ2n) is 6.57. The Labute approximate surface area is 153 Å². The average Bonchev–Trinajstić information content (AvgIpc) is 2.64. The summed E-state index contributed by atoms with van der Waals surface area (Å²) in [6.07, 6.45) is 0.932. The van der Waals surface area contributed by atoms with Gasteiger partial charge in [0, 0.05) is 12.2 Å². The molecule has 26 heavy (non-hydrogen) atoms. The Morgan fingerprint density at radius 3 is 2.38 bits per heavy atom. The Kier molecular flexibility index (Phi) is 4.84. The number of carbonyl (C=O) groups excluding carboxylic acids is 1. The molecule has 0 aromatic heterocycles. The first-order valence-corrected chi connectivity index (χ1v) is 10.0. The van der Waals surface area contributed by atoms with E-state index in [1.165, 1.54) is 4.90 Å². The monoisotopic (exact) mass is 368 g/mol.